The highest BCUT2D eigenvalue weighted by molar-refractivity contribution is 5.98. The van der Waals surface area contributed by atoms with Gasteiger partial charge in [0.25, 0.3) is 0 Å². The van der Waals surface area contributed by atoms with Crippen LogP contribution in [0, 0.1) is 0 Å². The van der Waals surface area contributed by atoms with Crippen LogP contribution >= 0.6 is 0 Å². The van der Waals surface area contributed by atoms with Crippen LogP contribution in [-0.4, -0.2) is 24.5 Å². The van der Waals surface area contributed by atoms with Crippen molar-refractivity contribution in [2.45, 2.75) is 26.3 Å². The second-order valence-corrected chi connectivity index (χ2v) is 4.28. The van der Waals surface area contributed by atoms with E-state index in [-0.39, 0.29) is 17.9 Å². The second kappa shape index (κ2) is 5.08. The van der Waals surface area contributed by atoms with Crippen molar-refractivity contribution < 1.29 is 14.3 Å². The van der Waals surface area contributed by atoms with Crippen LogP contribution in [0.15, 0.2) is 18.2 Å². The zero-order chi connectivity index (χ0) is 13.1. The van der Waals surface area contributed by atoms with Gasteiger partial charge in [-0.2, -0.15) is 0 Å². The first-order valence-corrected chi connectivity index (χ1v) is 5.97. The number of carbonyl (C=O) groups excluding carboxylic acids is 2. The molecule has 1 aliphatic rings. The predicted molar refractivity (Wildman–Crippen MR) is 68.7 cm³/mol. The van der Waals surface area contributed by atoms with Gasteiger partial charge in [-0.25, -0.2) is 4.79 Å². The molecule has 0 aliphatic carbocycles. The van der Waals surface area contributed by atoms with Crippen molar-refractivity contribution in [1.29, 1.82) is 0 Å². The maximum absolute atomic E-state index is 11.6. The highest BCUT2D eigenvalue weighted by Crippen LogP contribution is 2.27. The summed E-state index contributed by atoms with van der Waals surface area (Å²) in [5.41, 5.74) is 1.92. The van der Waals surface area contributed by atoms with Crippen molar-refractivity contribution in [2.24, 2.45) is 0 Å². The maximum atomic E-state index is 11.6. The molecule has 2 N–H and O–H groups in total. The first-order valence-electron chi connectivity index (χ1n) is 5.97. The third kappa shape index (κ3) is 2.61. The zero-order valence-electron chi connectivity index (χ0n) is 10.4. The van der Waals surface area contributed by atoms with Crippen LogP contribution in [0.1, 0.15) is 30.6 Å². The Morgan fingerprint density at radius 2 is 2.22 bits per heavy atom. The molecule has 18 heavy (non-hydrogen) atoms. The molecule has 0 aromatic heterocycles. The topological polar surface area (TPSA) is 67.4 Å². The molecular formula is C13H16N2O3. The lowest BCUT2D eigenvalue weighted by molar-refractivity contribution is -0.116. The summed E-state index contributed by atoms with van der Waals surface area (Å²) in [6.45, 7) is 4.03. The Balaban J connectivity index is 2.31. The van der Waals surface area contributed by atoms with E-state index in [1.165, 1.54) is 0 Å². The zero-order valence-corrected chi connectivity index (χ0v) is 10.4. The van der Waals surface area contributed by atoms with Crippen LogP contribution in [-0.2, 0) is 9.53 Å². The third-order valence-electron chi connectivity index (χ3n) is 2.70. The van der Waals surface area contributed by atoms with E-state index in [0.717, 1.165) is 5.69 Å². The van der Waals surface area contributed by atoms with Gasteiger partial charge in [-0.05, 0) is 32.0 Å². The van der Waals surface area contributed by atoms with Gasteiger partial charge in [-0.1, -0.05) is 0 Å². The van der Waals surface area contributed by atoms with Crippen molar-refractivity contribution in [2.75, 3.05) is 17.2 Å². The molecule has 5 nitrogen and oxygen atoms in total. The van der Waals surface area contributed by atoms with Crippen molar-refractivity contribution in [1.82, 2.24) is 0 Å². The SMILES string of the molecule is CCOC(=O)c1ccc2c(c1)NC(C)CC(=O)N2. The van der Waals surface area contributed by atoms with Crippen LogP contribution in [0.25, 0.3) is 0 Å². The number of rotatable bonds is 2. The second-order valence-electron chi connectivity index (χ2n) is 4.28. The normalized spacial score (nSPS) is 18.1. The molecule has 0 saturated carbocycles. The molecule has 2 rings (SSSR count). The highest BCUT2D eigenvalue weighted by atomic mass is 16.5. The first-order chi connectivity index (χ1) is 8.60. The molecule has 1 atom stereocenters. The summed E-state index contributed by atoms with van der Waals surface area (Å²) in [5, 5.41) is 6.00. The Kier molecular flexibility index (Phi) is 3.50. The van der Waals surface area contributed by atoms with Gasteiger partial charge in [0.2, 0.25) is 5.91 Å². The fraction of sp³-hybridized carbons (Fsp3) is 0.385. The molecule has 0 spiro atoms. The van der Waals surface area contributed by atoms with E-state index < -0.39 is 0 Å². The quantitative estimate of drug-likeness (QED) is 0.786. The van der Waals surface area contributed by atoms with Gasteiger partial charge in [0.05, 0.1) is 23.5 Å². The average molecular weight is 248 g/mol. The lowest BCUT2D eigenvalue weighted by atomic mass is 10.1. The summed E-state index contributed by atoms with van der Waals surface area (Å²) in [7, 11) is 0. The van der Waals surface area contributed by atoms with E-state index in [1.54, 1.807) is 25.1 Å². The Morgan fingerprint density at radius 3 is 2.94 bits per heavy atom. The van der Waals surface area contributed by atoms with Crippen LogP contribution in [0.5, 0.6) is 0 Å². The number of benzene rings is 1. The van der Waals surface area contributed by atoms with E-state index in [9.17, 15) is 9.59 Å². The molecule has 1 heterocycles. The summed E-state index contributed by atoms with van der Waals surface area (Å²) in [6.07, 6.45) is 0.406. The number of anilines is 2. The number of hydrogen-bond donors (Lipinski definition) is 2. The van der Waals surface area contributed by atoms with E-state index in [1.807, 2.05) is 6.92 Å². The van der Waals surface area contributed by atoms with Crippen LogP contribution in [0.2, 0.25) is 0 Å². The lowest BCUT2D eigenvalue weighted by Gasteiger charge is -2.12. The standard InChI is InChI=1S/C13H16N2O3/c1-3-18-13(17)9-4-5-10-11(7-9)14-8(2)6-12(16)15-10/h4-5,7-8,14H,3,6H2,1-2H3,(H,15,16). The molecule has 5 heteroatoms. The number of ether oxygens (including phenoxy) is 1. The van der Waals surface area contributed by atoms with Crippen molar-refractivity contribution in [3.8, 4) is 0 Å². The molecule has 1 aliphatic heterocycles. The Labute approximate surface area is 106 Å². The van der Waals surface area contributed by atoms with E-state index in [4.69, 9.17) is 4.74 Å². The molecule has 96 valence electrons. The summed E-state index contributed by atoms with van der Waals surface area (Å²) in [4.78, 5) is 23.2. The first kappa shape index (κ1) is 12.4. The fourth-order valence-electron chi connectivity index (χ4n) is 1.91. The number of fused-ring (bicyclic) bond motifs is 1. The van der Waals surface area contributed by atoms with Gasteiger partial charge < -0.3 is 15.4 Å². The van der Waals surface area contributed by atoms with E-state index >= 15 is 0 Å². The average Bonchev–Trinajstić information content (AvgIpc) is 2.44. The van der Waals surface area contributed by atoms with Crippen molar-refractivity contribution >= 4 is 23.3 Å². The van der Waals surface area contributed by atoms with Crippen LogP contribution in [0.3, 0.4) is 0 Å². The Bertz CT molecular complexity index is 485. The molecule has 1 unspecified atom stereocenters. The van der Waals surface area contributed by atoms with E-state index in [2.05, 4.69) is 10.6 Å². The van der Waals surface area contributed by atoms with Crippen molar-refractivity contribution in [3.63, 3.8) is 0 Å². The minimum Gasteiger partial charge on any atom is -0.462 e. The minimum absolute atomic E-state index is 0.0300. The number of hydrogen-bond acceptors (Lipinski definition) is 4. The maximum Gasteiger partial charge on any atom is 0.338 e. The Morgan fingerprint density at radius 1 is 1.44 bits per heavy atom. The fourth-order valence-corrected chi connectivity index (χ4v) is 1.91. The molecule has 0 radical (unpaired) electrons. The predicted octanol–water partition coefficient (Wildman–Crippen LogP) is 2.01. The van der Waals surface area contributed by atoms with Gasteiger partial charge in [-0.3, -0.25) is 4.79 Å². The Hall–Kier alpha value is -2.04. The molecule has 0 fully saturated rings. The minimum atomic E-state index is -0.356. The van der Waals surface area contributed by atoms with Gasteiger partial charge in [0.15, 0.2) is 0 Å². The molecule has 1 aromatic rings. The molecule has 1 aromatic carbocycles. The summed E-state index contributed by atoms with van der Waals surface area (Å²) in [5.74, 6) is -0.386. The molecule has 1 amide bonds. The molecular weight excluding hydrogens is 232 g/mol. The van der Waals surface area contributed by atoms with Crippen LogP contribution < -0.4 is 10.6 Å². The molecule has 0 bridgehead atoms. The van der Waals surface area contributed by atoms with Crippen LogP contribution in [0.4, 0.5) is 11.4 Å². The van der Waals surface area contributed by atoms with E-state index in [0.29, 0.717) is 24.3 Å². The number of esters is 1. The van der Waals surface area contributed by atoms with Gasteiger partial charge in [-0.15, -0.1) is 0 Å². The van der Waals surface area contributed by atoms with Gasteiger partial charge in [0, 0.05) is 12.5 Å². The smallest absolute Gasteiger partial charge is 0.338 e. The summed E-state index contributed by atoms with van der Waals surface area (Å²) >= 11 is 0. The van der Waals surface area contributed by atoms with Crippen molar-refractivity contribution in [3.05, 3.63) is 23.8 Å². The van der Waals surface area contributed by atoms with Gasteiger partial charge in [0.1, 0.15) is 0 Å². The largest absolute Gasteiger partial charge is 0.462 e. The number of carbonyl (C=O) groups is 2. The molecule has 0 saturated heterocycles. The highest BCUT2D eigenvalue weighted by Gasteiger charge is 2.19. The summed E-state index contributed by atoms with van der Waals surface area (Å²) < 4.78 is 4.94. The number of amides is 1. The lowest BCUT2D eigenvalue weighted by Crippen LogP contribution is -2.18. The van der Waals surface area contributed by atoms with Gasteiger partial charge >= 0.3 is 5.97 Å². The third-order valence-corrected chi connectivity index (χ3v) is 2.70. The summed E-state index contributed by atoms with van der Waals surface area (Å²) in [6, 6.07) is 5.10. The number of nitrogens with one attached hydrogen (secondary N) is 2. The monoisotopic (exact) mass is 248 g/mol.